The largest absolute Gasteiger partial charge is 0.491 e. The summed E-state index contributed by atoms with van der Waals surface area (Å²) in [6.07, 6.45) is 0. The van der Waals surface area contributed by atoms with Crippen molar-refractivity contribution >= 4 is 5.91 Å². The van der Waals surface area contributed by atoms with Crippen LogP contribution in [-0.2, 0) is 4.79 Å². The van der Waals surface area contributed by atoms with Crippen molar-refractivity contribution in [3.63, 3.8) is 0 Å². The van der Waals surface area contributed by atoms with Gasteiger partial charge in [0.05, 0.1) is 0 Å². The van der Waals surface area contributed by atoms with Gasteiger partial charge < -0.3 is 19.9 Å². The van der Waals surface area contributed by atoms with E-state index in [0.717, 1.165) is 0 Å². The molecule has 0 spiro atoms. The monoisotopic (exact) mass is 280 g/mol. The van der Waals surface area contributed by atoms with Gasteiger partial charge in [0.2, 0.25) is 12.7 Å². The van der Waals surface area contributed by atoms with Gasteiger partial charge in [-0.05, 0) is 32.9 Å². The molecule has 1 unspecified atom stereocenters. The second-order valence-electron chi connectivity index (χ2n) is 5.30. The Balaban J connectivity index is 2.04. The molecule has 20 heavy (non-hydrogen) atoms. The summed E-state index contributed by atoms with van der Waals surface area (Å²) in [6, 6.07) is 5.39. The van der Waals surface area contributed by atoms with E-state index in [4.69, 9.17) is 19.9 Å². The van der Waals surface area contributed by atoms with E-state index in [-0.39, 0.29) is 19.4 Å². The van der Waals surface area contributed by atoms with Crippen molar-refractivity contribution in [3.8, 4) is 17.2 Å². The summed E-state index contributed by atoms with van der Waals surface area (Å²) in [5.41, 5.74) is 4.52. The number of benzene rings is 1. The molecule has 1 amide bonds. The summed E-state index contributed by atoms with van der Waals surface area (Å²) < 4.78 is 16.2. The van der Waals surface area contributed by atoms with Crippen LogP contribution in [0, 0.1) is 0 Å². The molecule has 0 bridgehead atoms. The maximum absolute atomic E-state index is 11.6. The molecule has 0 radical (unpaired) electrons. The van der Waals surface area contributed by atoms with Crippen molar-refractivity contribution in [1.29, 1.82) is 0 Å². The van der Waals surface area contributed by atoms with E-state index in [1.807, 2.05) is 13.8 Å². The Kier molecular flexibility index (Phi) is 4.04. The van der Waals surface area contributed by atoms with Crippen LogP contribution in [0.4, 0.5) is 0 Å². The van der Waals surface area contributed by atoms with Crippen molar-refractivity contribution in [2.45, 2.75) is 32.4 Å². The smallest absolute Gasteiger partial charge is 0.240 e. The predicted octanol–water partition coefficient (Wildman–Crippen LogP) is 1.04. The molecular formula is C14H20N2O4. The van der Waals surface area contributed by atoms with Gasteiger partial charge in [-0.1, -0.05) is 0 Å². The molecule has 1 aromatic carbocycles. The molecule has 1 aliphatic heterocycles. The van der Waals surface area contributed by atoms with Crippen LogP contribution in [0.1, 0.15) is 20.8 Å². The predicted molar refractivity (Wildman–Crippen MR) is 73.9 cm³/mol. The van der Waals surface area contributed by atoms with Gasteiger partial charge in [-0.15, -0.1) is 0 Å². The van der Waals surface area contributed by atoms with Gasteiger partial charge in [0.25, 0.3) is 0 Å². The number of amides is 1. The highest BCUT2D eigenvalue weighted by molar-refractivity contribution is 5.84. The molecule has 0 saturated carbocycles. The summed E-state index contributed by atoms with van der Waals surface area (Å²) >= 11 is 0. The van der Waals surface area contributed by atoms with Crippen LogP contribution in [0.25, 0.3) is 0 Å². The number of carbonyl (C=O) groups excluding carboxylic acids is 1. The molecule has 1 heterocycles. The molecule has 6 heteroatoms. The zero-order chi connectivity index (χ0) is 14.8. The number of carbonyl (C=O) groups is 1. The number of hydrogen-bond donors (Lipinski definition) is 2. The first-order valence-corrected chi connectivity index (χ1v) is 6.51. The van der Waals surface area contributed by atoms with Crippen molar-refractivity contribution in [3.05, 3.63) is 18.2 Å². The minimum Gasteiger partial charge on any atom is -0.491 e. The standard InChI is InChI=1S/C14H20N2O4/c1-9(2)16-14(3,13(15)17)7-18-10-4-5-11-12(6-10)20-8-19-11/h4-6,9,16H,7-8H2,1-3H3,(H2,15,17). The van der Waals surface area contributed by atoms with Crippen molar-refractivity contribution in [2.75, 3.05) is 13.4 Å². The van der Waals surface area contributed by atoms with Crippen LogP contribution in [0.5, 0.6) is 17.2 Å². The molecule has 1 atom stereocenters. The average Bonchev–Trinajstić information content (AvgIpc) is 2.82. The molecular weight excluding hydrogens is 260 g/mol. The lowest BCUT2D eigenvalue weighted by Gasteiger charge is -2.29. The highest BCUT2D eigenvalue weighted by atomic mass is 16.7. The maximum Gasteiger partial charge on any atom is 0.240 e. The van der Waals surface area contributed by atoms with E-state index in [9.17, 15) is 4.79 Å². The highest BCUT2D eigenvalue weighted by Crippen LogP contribution is 2.35. The second-order valence-corrected chi connectivity index (χ2v) is 5.30. The lowest BCUT2D eigenvalue weighted by molar-refractivity contribution is -0.125. The number of nitrogens with two attached hydrogens (primary N) is 1. The van der Waals surface area contributed by atoms with E-state index >= 15 is 0 Å². The highest BCUT2D eigenvalue weighted by Gasteiger charge is 2.32. The van der Waals surface area contributed by atoms with E-state index in [1.54, 1.807) is 25.1 Å². The number of rotatable bonds is 6. The normalized spacial score (nSPS) is 16.0. The lowest BCUT2D eigenvalue weighted by Crippen LogP contribution is -2.59. The van der Waals surface area contributed by atoms with Crippen molar-refractivity contribution in [1.82, 2.24) is 5.32 Å². The fraction of sp³-hybridized carbons (Fsp3) is 0.500. The van der Waals surface area contributed by atoms with E-state index in [1.165, 1.54) is 0 Å². The topological polar surface area (TPSA) is 82.8 Å². The van der Waals surface area contributed by atoms with Gasteiger partial charge in [-0.2, -0.15) is 0 Å². The Morgan fingerprint density at radius 3 is 2.80 bits per heavy atom. The Morgan fingerprint density at radius 1 is 1.45 bits per heavy atom. The Hall–Kier alpha value is -1.95. The van der Waals surface area contributed by atoms with Gasteiger partial charge in [0.15, 0.2) is 11.5 Å². The number of ether oxygens (including phenoxy) is 3. The third-order valence-corrected chi connectivity index (χ3v) is 3.02. The molecule has 0 aromatic heterocycles. The number of nitrogens with one attached hydrogen (secondary N) is 1. The minimum absolute atomic E-state index is 0.118. The quantitative estimate of drug-likeness (QED) is 0.813. The molecule has 0 fully saturated rings. The Labute approximate surface area is 118 Å². The molecule has 0 saturated heterocycles. The molecule has 3 N–H and O–H groups in total. The van der Waals surface area contributed by atoms with Gasteiger partial charge in [-0.25, -0.2) is 0 Å². The van der Waals surface area contributed by atoms with Gasteiger partial charge in [-0.3, -0.25) is 10.1 Å². The third kappa shape index (κ3) is 3.14. The van der Waals surface area contributed by atoms with Crippen LogP contribution < -0.4 is 25.3 Å². The third-order valence-electron chi connectivity index (χ3n) is 3.02. The lowest BCUT2D eigenvalue weighted by atomic mass is 10.0. The number of fused-ring (bicyclic) bond motifs is 1. The first kappa shape index (κ1) is 14.5. The first-order chi connectivity index (χ1) is 9.40. The Morgan fingerprint density at radius 2 is 2.15 bits per heavy atom. The minimum atomic E-state index is -0.926. The zero-order valence-corrected chi connectivity index (χ0v) is 11.9. The van der Waals surface area contributed by atoms with Gasteiger partial charge in [0, 0.05) is 12.1 Å². The molecule has 2 rings (SSSR count). The summed E-state index contributed by atoms with van der Waals surface area (Å²) in [4.78, 5) is 11.6. The van der Waals surface area contributed by atoms with Crippen LogP contribution in [-0.4, -0.2) is 30.9 Å². The SMILES string of the molecule is CC(C)NC(C)(COc1ccc2c(c1)OCO2)C(N)=O. The second kappa shape index (κ2) is 5.58. The van der Waals surface area contributed by atoms with Crippen LogP contribution >= 0.6 is 0 Å². The van der Waals surface area contributed by atoms with Gasteiger partial charge >= 0.3 is 0 Å². The average molecular weight is 280 g/mol. The zero-order valence-electron chi connectivity index (χ0n) is 11.9. The summed E-state index contributed by atoms with van der Waals surface area (Å²) in [7, 11) is 0. The van der Waals surface area contributed by atoms with E-state index < -0.39 is 11.4 Å². The van der Waals surface area contributed by atoms with E-state index in [2.05, 4.69) is 5.32 Å². The van der Waals surface area contributed by atoms with Crippen molar-refractivity contribution < 1.29 is 19.0 Å². The molecule has 1 aromatic rings. The number of primary amides is 1. The van der Waals surface area contributed by atoms with Crippen LogP contribution in [0.2, 0.25) is 0 Å². The first-order valence-electron chi connectivity index (χ1n) is 6.51. The van der Waals surface area contributed by atoms with Crippen molar-refractivity contribution in [2.24, 2.45) is 5.73 Å². The van der Waals surface area contributed by atoms with Gasteiger partial charge in [0.1, 0.15) is 17.9 Å². The summed E-state index contributed by atoms with van der Waals surface area (Å²) in [6.45, 7) is 5.97. The molecule has 110 valence electrons. The maximum atomic E-state index is 11.6. The Bertz CT molecular complexity index is 504. The number of hydrogen-bond acceptors (Lipinski definition) is 5. The van der Waals surface area contributed by atoms with Crippen LogP contribution in [0.15, 0.2) is 18.2 Å². The summed E-state index contributed by atoms with van der Waals surface area (Å²) in [5, 5.41) is 3.12. The van der Waals surface area contributed by atoms with Crippen LogP contribution in [0.3, 0.4) is 0 Å². The summed E-state index contributed by atoms with van der Waals surface area (Å²) in [5.74, 6) is 1.48. The van der Waals surface area contributed by atoms with E-state index in [0.29, 0.717) is 17.2 Å². The molecule has 6 nitrogen and oxygen atoms in total. The molecule has 0 aliphatic carbocycles. The fourth-order valence-electron chi connectivity index (χ4n) is 2.02. The fourth-order valence-corrected chi connectivity index (χ4v) is 2.02. The molecule has 1 aliphatic rings.